The number of esters is 1. The van der Waals surface area contributed by atoms with Crippen LogP contribution in [-0.2, 0) is 11.3 Å². The topological polar surface area (TPSA) is 91.2 Å². The molecule has 24 heavy (non-hydrogen) atoms. The van der Waals surface area contributed by atoms with Gasteiger partial charge in [0.25, 0.3) is 5.89 Å². The van der Waals surface area contributed by atoms with Crippen LogP contribution in [0, 0.1) is 6.92 Å². The highest BCUT2D eigenvalue weighted by atomic mass is 35.5. The normalized spacial score (nSPS) is 10.6. The highest BCUT2D eigenvalue weighted by molar-refractivity contribution is 6.33. The maximum Gasteiger partial charge on any atom is 0.340 e. The first kappa shape index (κ1) is 16.0. The van der Waals surface area contributed by atoms with Crippen LogP contribution in [0.5, 0.6) is 0 Å². The van der Waals surface area contributed by atoms with Gasteiger partial charge in [-0.15, -0.1) is 0 Å². The number of nitrogen functional groups attached to an aromatic ring is 1. The minimum atomic E-state index is -0.600. The van der Waals surface area contributed by atoms with Crippen LogP contribution in [0.25, 0.3) is 11.5 Å². The van der Waals surface area contributed by atoms with Crippen molar-refractivity contribution in [3.05, 3.63) is 64.4 Å². The molecule has 0 aliphatic rings. The molecule has 0 radical (unpaired) electrons. The summed E-state index contributed by atoms with van der Waals surface area (Å²) in [5.74, 6) is 0.0273. The summed E-state index contributed by atoms with van der Waals surface area (Å²) >= 11 is 5.88. The van der Waals surface area contributed by atoms with Crippen molar-refractivity contribution in [2.75, 3.05) is 5.73 Å². The number of benzene rings is 2. The van der Waals surface area contributed by atoms with E-state index in [0.29, 0.717) is 10.9 Å². The van der Waals surface area contributed by atoms with E-state index < -0.39 is 5.97 Å². The van der Waals surface area contributed by atoms with Crippen molar-refractivity contribution < 1.29 is 14.1 Å². The van der Waals surface area contributed by atoms with E-state index in [1.807, 2.05) is 31.2 Å². The monoisotopic (exact) mass is 343 g/mol. The Kier molecular flexibility index (Phi) is 4.48. The average molecular weight is 344 g/mol. The number of nitrogens with two attached hydrogens (primary N) is 1. The Labute approximate surface area is 143 Å². The zero-order valence-electron chi connectivity index (χ0n) is 12.8. The predicted octanol–water partition coefficient (Wildman–Crippen LogP) is 3.64. The number of carbonyl (C=O) groups is 1. The van der Waals surface area contributed by atoms with Gasteiger partial charge >= 0.3 is 5.97 Å². The molecule has 1 heterocycles. The summed E-state index contributed by atoms with van der Waals surface area (Å²) in [4.78, 5) is 16.3. The van der Waals surface area contributed by atoms with Crippen LogP contribution in [0.2, 0.25) is 5.02 Å². The first-order chi connectivity index (χ1) is 11.5. The van der Waals surface area contributed by atoms with Gasteiger partial charge in [-0.2, -0.15) is 4.98 Å². The van der Waals surface area contributed by atoms with Crippen LogP contribution < -0.4 is 5.73 Å². The number of hydrogen-bond acceptors (Lipinski definition) is 6. The van der Waals surface area contributed by atoms with Crippen LogP contribution in [0.15, 0.2) is 47.0 Å². The van der Waals surface area contributed by atoms with Gasteiger partial charge in [-0.1, -0.05) is 40.5 Å². The summed E-state index contributed by atoms with van der Waals surface area (Å²) < 4.78 is 10.3. The molecule has 3 rings (SSSR count). The Balaban J connectivity index is 1.68. The van der Waals surface area contributed by atoms with Crippen molar-refractivity contribution in [1.82, 2.24) is 10.1 Å². The predicted molar refractivity (Wildman–Crippen MR) is 89.5 cm³/mol. The van der Waals surface area contributed by atoms with Gasteiger partial charge in [-0.3, -0.25) is 0 Å². The number of rotatable bonds is 4. The van der Waals surface area contributed by atoms with Crippen LogP contribution in [-0.4, -0.2) is 16.1 Å². The first-order valence-corrected chi connectivity index (χ1v) is 7.53. The molecule has 7 heteroatoms. The zero-order chi connectivity index (χ0) is 17.1. The van der Waals surface area contributed by atoms with Crippen molar-refractivity contribution in [2.45, 2.75) is 13.5 Å². The van der Waals surface area contributed by atoms with E-state index >= 15 is 0 Å². The molecule has 0 saturated heterocycles. The van der Waals surface area contributed by atoms with Crippen molar-refractivity contribution in [1.29, 1.82) is 0 Å². The van der Waals surface area contributed by atoms with Gasteiger partial charge in [0.05, 0.1) is 16.3 Å². The number of anilines is 1. The van der Waals surface area contributed by atoms with Crippen molar-refractivity contribution >= 4 is 23.3 Å². The summed E-state index contributed by atoms with van der Waals surface area (Å²) in [6, 6.07) is 12.4. The molecular formula is C17H14ClN3O3. The fraction of sp³-hybridized carbons (Fsp3) is 0.118. The third kappa shape index (κ3) is 3.38. The number of para-hydroxylation sites is 1. The third-order valence-electron chi connectivity index (χ3n) is 3.37. The lowest BCUT2D eigenvalue weighted by atomic mass is 10.1. The Hall–Kier alpha value is -2.86. The summed E-state index contributed by atoms with van der Waals surface area (Å²) in [7, 11) is 0. The maximum atomic E-state index is 12.1. The number of ether oxygens (including phenoxy) is 1. The van der Waals surface area contributed by atoms with Crippen molar-refractivity contribution in [3.63, 3.8) is 0 Å². The van der Waals surface area contributed by atoms with Crippen LogP contribution in [0.3, 0.4) is 0 Å². The fourth-order valence-electron chi connectivity index (χ4n) is 2.05. The molecule has 0 aliphatic carbocycles. The summed E-state index contributed by atoms with van der Waals surface area (Å²) in [6.07, 6.45) is 0. The standard InChI is InChI=1S/C17H14ClN3O3/c1-10-5-7-11(8-6-10)16-20-14(21-24-16)9-23-17(22)12-3-2-4-13(18)15(12)19/h2-8H,9,19H2,1H3. The molecule has 122 valence electrons. The molecule has 0 amide bonds. The van der Waals surface area contributed by atoms with Crippen molar-refractivity contribution in [2.24, 2.45) is 0 Å². The molecular weight excluding hydrogens is 330 g/mol. The van der Waals surface area contributed by atoms with Gasteiger partial charge in [-0.05, 0) is 31.2 Å². The van der Waals surface area contributed by atoms with Gasteiger partial charge in [0.15, 0.2) is 6.61 Å². The quantitative estimate of drug-likeness (QED) is 0.574. The van der Waals surface area contributed by atoms with Crippen LogP contribution in [0.1, 0.15) is 21.7 Å². The van der Waals surface area contributed by atoms with E-state index in [9.17, 15) is 4.79 Å². The van der Waals surface area contributed by atoms with Crippen molar-refractivity contribution in [3.8, 4) is 11.5 Å². The van der Waals surface area contributed by atoms with Gasteiger partial charge in [0.1, 0.15) is 0 Å². The number of aromatic nitrogens is 2. The van der Waals surface area contributed by atoms with Crippen LogP contribution in [0.4, 0.5) is 5.69 Å². The lowest BCUT2D eigenvalue weighted by Crippen LogP contribution is -2.09. The molecule has 0 aliphatic heterocycles. The van der Waals surface area contributed by atoms with E-state index in [2.05, 4.69) is 10.1 Å². The molecule has 0 fully saturated rings. The van der Waals surface area contributed by atoms with E-state index in [0.717, 1.165) is 11.1 Å². The van der Waals surface area contributed by atoms with Crippen LogP contribution >= 0.6 is 11.6 Å². The lowest BCUT2D eigenvalue weighted by molar-refractivity contribution is 0.0461. The second-order valence-corrected chi connectivity index (χ2v) is 5.57. The summed E-state index contributed by atoms with van der Waals surface area (Å²) in [6.45, 7) is 1.87. The summed E-state index contributed by atoms with van der Waals surface area (Å²) in [5.41, 5.74) is 8.07. The first-order valence-electron chi connectivity index (χ1n) is 7.15. The minimum absolute atomic E-state index is 0.125. The second kappa shape index (κ2) is 6.72. The zero-order valence-corrected chi connectivity index (χ0v) is 13.6. The third-order valence-corrected chi connectivity index (χ3v) is 3.70. The number of carbonyl (C=O) groups excluding carboxylic acids is 1. The van der Waals surface area contributed by atoms with Gasteiger partial charge in [0, 0.05) is 5.56 Å². The lowest BCUT2D eigenvalue weighted by Gasteiger charge is -2.06. The highest BCUT2D eigenvalue weighted by Crippen LogP contribution is 2.23. The Morgan fingerprint density at radius 2 is 2.00 bits per heavy atom. The Morgan fingerprint density at radius 3 is 2.75 bits per heavy atom. The van der Waals surface area contributed by atoms with Gasteiger partial charge in [-0.25, -0.2) is 4.79 Å². The molecule has 2 N–H and O–H groups in total. The molecule has 0 spiro atoms. The van der Waals surface area contributed by atoms with E-state index in [1.54, 1.807) is 12.1 Å². The van der Waals surface area contributed by atoms with E-state index in [-0.39, 0.29) is 23.7 Å². The van der Waals surface area contributed by atoms with E-state index in [1.165, 1.54) is 6.07 Å². The SMILES string of the molecule is Cc1ccc(-c2nc(COC(=O)c3cccc(Cl)c3N)no2)cc1. The summed E-state index contributed by atoms with van der Waals surface area (Å²) in [5, 5.41) is 4.10. The maximum absolute atomic E-state index is 12.1. The highest BCUT2D eigenvalue weighted by Gasteiger charge is 2.15. The molecule has 0 unspecified atom stereocenters. The number of aryl methyl sites for hydroxylation is 1. The number of nitrogens with zero attached hydrogens (tertiary/aromatic N) is 2. The average Bonchev–Trinajstić information content (AvgIpc) is 3.05. The molecule has 3 aromatic rings. The number of hydrogen-bond donors (Lipinski definition) is 1. The second-order valence-electron chi connectivity index (χ2n) is 5.16. The molecule has 0 bridgehead atoms. The molecule has 0 saturated carbocycles. The molecule has 1 aromatic heterocycles. The molecule has 6 nitrogen and oxygen atoms in total. The smallest absolute Gasteiger partial charge is 0.340 e. The van der Waals surface area contributed by atoms with E-state index in [4.69, 9.17) is 26.6 Å². The Morgan fingerprint density at radius 1 is 1.25 bits per heavy atom. The number of halogens is 1. The van der Waals surface area contributed by atoms with Gasteiger partial charge < -0.3 is 15.0 Å². The largest absolute Gasteiger partial charge is 0.454 e. The molecule has 2 aromatic carbocycles. The minimum Gasteiger partial charge on any atom is -0.454 e. The Bertz CT molecular complexity index is 875. The fourth-order valence-corrected chi connectivity index (χ4v) is 2.22. The van der Waals surface area contributed by atoms with Gasteiger partial charge in [0.2, 0.25) is 5.82 Å². The molecule has 0 atom stereocenters.